The first-order valence-electron chi connectivity index (χ1n) is 7.71. The molecule has 1 fully saturated rings. The lowest BCUT2D eigenvalue weighted by molar-refractivity contribution is -0.134. The van der Waals surface area contributed by atoms with Crippen molar-refractivity contribution >= 4 is 17.5 Å². The maximum Gasteiger partial charge on any atom is 0.330 e. The third kappa shape index (κ3) is 3.81. The Labute approximate surface area is 141 Å². The van der Waals surface area contributed by atoms with Crippen molar-refractivity contribution in [3.8, 4) is 0 Å². The predicted molar refractivity (Wildman–Crippen MR) is 83.4 cm³/mol. The smallest absolute Gasteiger partial charge is 0.330 e. The van der Waals surface area contributed by atoms with E-state index in [9.17, 15) is 18.4 Å². The summed E-state index contributed by atoms with van der Waals surface area (Å²) >= 11 is 0. The molecule has 0 radical (unpaired) electrons. The Morgan fingerprint density at radius 3 is 2.84 bits per heavy atom. The number of carbonyl (C=O) groups is 2. The van der Waals surface area contributed by atoms with Gasteiger partial charge in [0, 0.05) is 30.3 Å². The van der Waals surface area contributed by atoms with Gasteiger partial charge >= 0.3 is 5.97 Å². The SMILES string of the molecule is COC(=O)/C=C/CNC(=O)c1cc2nc(C3CC3)cc(C(F)F)n2n1. The van der Waals surface area contributed by atoms with E-state index in [2.05, 4.69) is 20.1 Å². The van der Waals surface area contributed by atoms with Gasteiger partial charge in [-0.15, -0.1) is 0 Å². The molecule has 0 aliphatic heterocycles. The molecule has 25 heavy (non-hydrogen) atoms. The summed E-state index contributed by atoms with van der Waals surface area (Å²) in [7, 11) is 1.24. The van der Waals surface area contributed by atoms with Crippen molar-refractivity contribution in [1.29, 1.82) is 0 Å². The zero-order valence-corrected chi connectivity index (χ0v) is 13.4. The van der Waals surface area contributed by atoms with Crippen LogP contribution in [0.3, 0.4) is 0 Å². The molecule has 132 valence electrons. The standard InChI is InChI=1S/C16H16F2N4O3/c1-25-14(23)3-2-6-19-16(24)11-8-13-20-10(9-4-5-9)7-12(15(17)18)22(13)21-11/h2-3,7-9,15H,4-6H2,1H3,(H,19,24)/b3-2+. The van der Waals surface area contributed by atoms with Gasteiger partial charge in [-0.2, -0.15) is 5.10 Å². The minimum absolute atomic E-state index is 0.0196. The normalized spacial score (nSPS) is 14.4. The Kier molecular flexibility index (Phi) is 4.73. The lowest BCUT2D eigenvalue weighted by Crippen LogP contribution is -2.24. The van der Waals surface area contributed by atoms with E-state index in [0.29, 0.717) is 5.69 Å². The van der Waals surface area contributed by atoms with Crippen LogP contribution >= 0.6 is 0 Å². The summed E-state index contributed by atoms with van der Waals surface area (Å²) in [6.07, 6.45) is 1.72. The Balaban J connectivity index is 1.80. The highest BCUT2D eigenvalue weighted by atomic mass is 19.3. The van der Waals surface area contributed by atoms with Crippen molar-refractivity contribution in [1.82, 2.24) is 19.9 Å². The highest BCUT2D eigenvalue weighted by molar-refractivity contribution is 5.93. The molecule has 1 N–H and O–H groups in total. The van der Waals surface area contributed by atoms with Crippen LogP contribution in [0.5, 0.6) is 0 Å². The van der Waals surface area contributed by atoms with Crippen LogP contribution in [0.4, 0.5) is 8.78 Å². The van der Waals surface area contributed by atoms with Crippen LogP contribution in [0.25, 0.3) is 5.65 Å². The van der Waals surface area contributed by atoms with Gasteiger partial charge in [0.2, 0.25) is 0 Å². The van der Waals surface area contributed by atoms with E-state index in [1.165, 1.54) is 31.4 Å². The van der Waals surface area contributed by atoms with E-state index in [4.69, 9.17) is 0 Å². The summed E-state index contributed by atoms with van der Waals surface area (Å²) in [6.45, 7) is 0.0737. The molecule has 0 saturated heterocycles. The first-order chi connectivity index (χ1) is 12.0. The van der Waals surface area contributed by atoms with Crippen LogP contribution in [0.2, 0.25) is 0 Å². The summed E-state index contributed by atoms with van der Waals surface area (Å²) in [5, 5.41) is 6.44. The van der Waals surface area contributed by atoms with E-state index in [-0.39, 0.29) is 29.5 Å². The fourth-order valence-electron chi connectivity index (χ4n) is 2.34. The number of aromatic nitrogens is 3. The van der Waals surface area contributed by atoms with Gasteiger partial charge in [0.05, 0.1) is 7.11 Å². The molecule has 1 amide bonds. The summed E-state index contributed by atoms with van der Waals surface area (Å²) in [5.74, 6) is -0.883. The van der Waals surface area contributed by atoms with Gasteiger partial charge in [0.15, 0.2) is 11.3 Å². The van der Waals surface area contributed by atoms with E-state index in [0.717, 1.165) is 17.4 Å². The van der Waals surface area contributed by atoms with Gasteiger partial charge in [0.1, 0.15) is 5.69 Å². The number of amides is 1. The molecule has 9 heteroatoms. The number of hydrogen-bond acceptors (Lipinski definition) is 5. The molecule has 7 nitrogen and oxygen atoms in total. The highest BCUT2D eigenvalue weighted by Gasteiger charge is 2.28. The predicted octanol–water partition coefficient (Wildman–Crippen LogP) is 2.00. The number of rotatable bonds is 6. The number of halogens is 2. The first kappa shape index (κ1) is 17.0. The molecule has 0 bridgehead atoms. The van der Waals surface area contributed by atoms with Gasteiger partial charge in [-0.05, 0) is 18.9 Å². The second-order valence-corrected chi connectivity index (χ2v) is 5.62. The van der Waals surface area contributed by atoms with Crippen LogP contribution in [-0.2, 0) is 9.53 Å². The van der Waals surface area contributed by atoms with E-state index < -0.39 is 18.3 Å². The van der Waals surface area contributed by atoms with E-state index in [1.54, 1.807) is 0 Å². The van der Waals surface area contributed by atoms with Crippen LogP contribution in [0, 0.1) is 0 Å². The number of carbonyl (C=O) groups excluding carboxylic acids is 2. The minimum Gasteiger partial charge on any atom is -0.466 e. The minimum atomic E-state index is -2.72. The quantitative estimate of drug-likeness (QED) is 0.636. The first-order valence-corrected chi connectivity index (χ1v) is 7.71. The third-order valence-corrected chi connectivity index (χ3v) is 3.76. The molecule has 0 unspecified atom stereocenters. The fourth-order valence-corrected chi connectivity index (χ4v) is 2.34. The van der Waals surface area contributed by atoms with Crippen molar-refractivity contribution in [3.63, 3.8) is 0 Å². The molecule has 1 aliphatic carbocycles. The molecule has 2 aromatic heterocycles. The Bertz CT molecular complexity index is 843. The number of hydrogen-bond donors (Lipinski definition) is 1. The molecule has 0 aromatic carbocycles. The maximum atomic E-state index is 13.3. The molecule has 1 aliphatic rings. The average molecular weight is 350 g/mol. The zero-order chi connectivity index (χ0) is 18.0. The van der Waals surface area contributed by atoms with Crippen LogP contribution in [0.15, 0.2) is 24.3 Å². The zero-order valence-electron chi connectivity index (χ0n) is 13.4. The summed E-state index contributed by atoms with van der Waals surface area (Å²) in [5.41, 5.74) is 0.524. The topological polar surface area (TPSA) is 85.6 Å². The second kappa shape index (κ2) is 6.96. The molecular weight excluding hydrogens is 334 g/mol. The molecule has 0 spiro atoms. The van der Waals surface area contributed by atoms with Gasteiger partial charge in [0.25, 0.3) is 12.3 Å². The molecule has 3 rings (SSSR count). The van der Waals surface area contributed by atoms with Gasteiger partial charge in [-0.25, -0.2) is 23.1 Å². The number of esters is 1. The summed E-state index contributed by atoms with van der Waals surface area (Å²) in [6, 6.07) is 2.72. The number of nitrogens with one attached hydrogen (secondary N) is 1. The molecule has 1 saturated carbocycles. The second-order valence-electron chi connectivity index (χ2n) is 5.62. The van der Waals surface area contributed by atoms with Crippen LogP contribution in [0.1, 0.15) is 47.1 Å². The van der Waals surface area contributed by atoms with E-state index >= 15 is 0 Å². The van der Waals surface area contributed by atoms with Crippen molar-refractivity contribution in [2.24, 2.45) is 0 Å². The largest absolute Gasteiger partial charge is 0.466 e. The van der Waals surface area contributed by atoms with Gasteiger partial charge < -0.3 is 10.1 Å². The van der Waals surface area contributed by atoms with Crippen molar-refractivity contribution in [3.05, 3.63) is 41.4 Å². The van der Waals surface area contributed by atoms with Crippen LogP contribution in [-0.4, -0.2) is 40.1 Å². The Hall–Kier alpha value is -2.84. The molecular formula is C16H16F2N4O3. The number of methoxy groups -OCH3 is 1. The van der Waals surface area contributed by atoms with Crippen molar-refractivity contribution in [2.45, 2.75) is 25.2 Å². The fraction of sp³-hybridized carbons (Fsp3) is 0.375. The highest BCUT2D eigenvalue weighted by Crippen LogP contribution is 2.40. The molecule has 2 heterocycles. The Morgan fingerprint density at radius 1 is 1.44 bits per heavy atom. The van der Waals surface area contributed by atoms with Gasteiger partial charge in [-0.3, -0.25) is 4.79 Å². The lowest BCUT2D eigenvalue weighted by Gasteiger charge is -2.06. The van der Waals surface area contributed by atoms with Gasteiger partial charge in [-0.1, -0.05) is 6.08 Å². The van der Waals surface area contributed by atoms with Crippen molar-refractivity contribution < 1.29 is 23.1 Å². The number of nitrogens with zero attached hydrogens (tertiary/aromatic N) is 3. The lowest BCUT2D eigenvalue weighted by atomic mass is 10.2. The third-order valence-electron chi connectivity index (χ3n) is 3.76. The van der Waals surface area contributed by atoms with Crippen LogP contribution < -0.4 is 5.32 Å². The Morgan fingerprint density at radius 2 is 2.20 bits per heavy atom. The number of alkyl halides is 2. The molecule has 2 aromatic rings. The summed E-state index contributed by atoms with van der Waals surface area (Å²) in [4.78, 5) is 27.3. The number of fused-ring (bicyclic) bond motifs is 1. The monoisotopic (exact) mass is 350 g/mol. The van der Waals surface area contributed by atoms with E-state index in [1.807, 2.05) is 0 Å². The number of ether oxygens (including phenoxy) is 1. The van der Waals surface area contributed by atoms with Crippen molar-refractivity contribution in [2.75, 3.05) is 13.7 Å². The summed E-state index contributed by atoms with van der Waals surface area (Å²) < 4.78 is 32.0. The molecule has 0 atom stereocenters. The average Bonchev–Trinajstić information content (AvgIpc) is 3.35. The maximum absolute atomic E-state index is 13.3.